The van der Waals surface area contributed by atoms with Gasteiger partial charge in [0.2, 0.25) is 0 Å². The molecule has 2 aromatic rings. The average molecular weight is 349 g/mol. The second kappa shape index (κ2) is 9.40. The van der Waals surface area contributed by atoms with Gasteiger partial charge >= 0.3 is 0 Å². The number of hydrogen-bond acceptors (Lipinski definition) is 0. The monoisotopic (exact) mass is 348 g/mol. The molecule has 0 saturated heterocycles. The van der Waals surface area contributed by atoms with E-state index in [1.54, 1.807) is 5.56 Å². The minimum Gasteiger partial charge on any atom is -0.0654 e. The molecule has 1 aliphatic rings. The van der Waals surface area contributed by atoms with Crippen LogP contribution in [0.5, 0.6) is 0 Å². The molecule has 0 amide bonds. The zero-order valence-electron chi connectivity index (χ0n) is 17.0. The summed E-state index contributed by atoms with van der Waals surface area (Å²) < 4.78 is 0. The third-order valence-electron chi connectivity index (χ3n) is 6.51. The van der Waals surface area contributed by atoms with E-state index in [1.807, 2.05) is 0 Å². The van der Waals surface area contributed by atoms with Crippen molar-refractivity contribution in [3.05, 3.63) is 70.8 Å². The minimum absolute atomic E-state index is 0.629. The third-order valence-corrected chi connectivity index (χ3v) is 6.51. The summed E-state index contributed by atoms with van der Waals surface area (Å²) in [4.78, 5) is 0. The first kappa shape index (κ1) is 19.2. The van der Waals surface area contributed by atoms with E-state index in [-0.39, 0.29) is 0 Å². The molecule has 0 nitrogen and oxygen atoms in total. The summed E-state index contributed by atoms with van der Waals surface area (Å²) in [7, 11) is 0. The van der Waals surface area contributed by atoms with Crippen LogP contribution in [0, 0.1) is 12.8 Å². The van der Waals surface area contributed by atoms with Gasteiger partial charge in [-0.1, -0.05) is 80.8 Å². The predicted molar refractivity (Wildman–Crippen MR) is 114 cm³/mol. The Balaban J connectivity index is 1.49. The van der Waals surface area contributed by atoms with Crippen molar-refractivity contribution in [2.24, 2.45) is 5.92 Å². The highest BCUT2D eigenvalue weighted by Gasteiger charge is 2.21. The molecule has 0 bridgehead atoms. The number of benzene rings is 2. The molecule has 26 heavy (non-hydrogen) atoms. The maximum absolute atomic E-state index is 2.41. The van der Waals surface area contributed by atoms with Crippen molar-refractivity contribution in [2.45, 2.75) is 84.0 Å². The molecule has 0 aromatic heterocycles. The summed E-state index contributed by atoms with van der Waals surface area (Å²) in [6.07, 6.45) is 10.9. The van der Waals surface area contributed by atoms with E-state index < -0.39 is 0 Å². The van der Waals surface area contributed by atoms with Crippen molar-refractivity contribution in [1.82, 2.24) is 0 Å². The molecule has 0 N–H and O–H groups in total. The lowest BCUT2D eigenvalue weighted by molar-refractivity contribution is 0.308. The average Bonchev–Trinajstić information content (AvgIpc) is 2.68. The normalized spacial score (nSPS) is 21.5. The number of hydrogen-bond donors (Lipinski definition) is 0. The molecular weight excluding hydrogens is 312 g/mol. The molecule has 140 valence electrons. The van der Waals surface area contributed by atoms with E-state index >= 15 is 0 Å². The van der Waals surface area contributed by atoms with E-state index in [4.69, 9.17) is 0 Å². The molecular formula is C26H36. The molecule has 0 spiro atoms. The van der Waals surface area contributed by atoms with Crippen molar-refractivity contribution in [1.29, 1.82) is 0 Å². The van der Waals surface area contributed by atoms with Gasteiger partial charge in [-0.15, -0.1) is 0 Å². The van der Waals surface area contributed by atoms with Crippen LogP contribution in [0.15, 0.2) is 48.5 Å². The Labute approximate surface area is 161 Å². The Hall–Kier alpha value is -1.56. The lowest BCUT2D eigenvalue weighted by Crippen LogP contribution is -2.13. The number of rotatable bonds is 7. The first-order chi connectivity index (χ1) is 12.7. The van der Waals surface area contributed by atoms with Crippen LogP contribution < -0.4 is 0 Å². The Morgan fingerprint density at radius 1 is 0.885 bits per heavy atom. The fourth-order valence-electron chi connectivity index (χ4n) is 4.59. The second-order valence-electron chi connectivity index (χ2n) is 8.60. The van der Waals surface area contributed by atoms with Gasteiger partial charge in [-0.3, -0.25) is 0 Å². The first-order valence-electron chi connectivity index (χ1n) is 10.8. The van der Waals surface area contributed by atoms with Crippen molar-refractivity contribution >= 4 is 0 Å². The lowest BCUT2D eigenvalue weighted by atomic mass is 9.77. The van der Waals surface area contributed by atoms with E-state index in [0.717, 1.165) is 11.8 Å². The summed E-state index contributed by atoms with van der Waals surface area (Å²) in [6.45, 7) is 6.84. The van der Waals surface area contributed by atoms with Crippen molar-refractivity contribution in [3.63, 3.8) is 0 Å². The van der Waals surface area contributed by atoms with Crippen LogP contribution in [0.25, 0.3) is 0 Å². The summed E-state index contributed by atoms with van der Waals surface area (Å²) in [5, 5.41) is 0. The Morgan fingerprint density at radius 3 is 2.15 bits per heavy atom. The summed E-state index contributed by atoms with van der Waals surface area (Å²) >= 11 is 0. The van der Waals surface area contributed by atoms with Gasteiger partial charge in [-0.2, -0.15) is 0 Å². The van der Waals surface area contributed by atoms with Gasteiger partial charge in [-0.25, -0.2) is 0 Å². The fraction of sp³-hybridized carbons (Fsp3) is 0.538. The SMILES string of the molecule is CCCC1CCC(c2ccc(CC[C@@H](C)c3ccc(C)cc3)cc2)CC1. The van der Waals surface area contributed by atoms with Crippen LogP contribution >= 0.6 is 0 Å². The zero-order chi connectivity index (χ0) is 18.4. The third kappa shape index (κ3) is 5.22. The van der Waals surface area contributed by atoms with E-state index in [0.29, 0.717) is 5.92 Å². The standard InChI is InChI=1S/C26H36/c1-4-5-22-10-16-25(17-11-22)26-18-12-23(13-19-26)9-8-21(3)24-14-6-20(2)7-15-24/h6-7,12-15,18-19,21-22,25H,4-5,8-11,16-17H2,1-3H3/t21-,22?,25?/m1/s1. The molecule has 0 radical (unpaired) electrons. The molecule has 1 atom stereocenters. The van der Waals surface area contributed by atoms with Gasteiger partial charge in [-0.05, 0) is 79.9 Å². The van der Waals surface area contributed by atoms with Gasteiger partial charge in [0.15, 0.2) is 0 Å². The first-order valence-corrected chi connectivity index (χ1v) is 10.8. The zero-order valence-corrected chi connectivity index (χ0v) is 17.0. The highest BCUT2D eigenvalue weighted by atomic mass is 14.3. The van der Waals surface area contributed by atoms with E-state index in [1.165, 1.54) is 68.1 Å². The van der Waals surface area contributed by atoms with Crippen LogP contribution in [-0.4, -0.2) is 0 Å². The molecule has 1 saturated carbocycles. The van der Waals surface area contributed by atoms with E-state index in [9.17, 15) is 0 Å². The lowest BCUT2D eigenvalue weighted by Gasteiger charge is -2.28. The quantitative estimate of drug-likeness (QED) is 0.478. The topological polar surface area (TPSA) is 0 Å². The second-order valence-corrected chi connectivity index (χ2v) is 8.60. The van der Waals surface area contributed by atoms with Gasteiger partial charge in [0.05, 0.1) is 0 Å². The molecule has 0 aliphatic heterocycles. The van der Waals surface area contributed by atoms with Crippen LogP contribution in [0.3, 0.4) is 0 Å². The van der Waals surface area contributed by atoms with Gasteiger partial charge in [0.1, 0.15) is 0 Å². The Kier molecular flexibility index (Phi) is 6.94. The maximum atomic E-state index is 2.41. The van der Waals surface area contributed by atoms with Crippen LogP contribution in [0.2, 0.25) is 0 Å². The molecule has 1 fully saturated rings. The van der Waals surface area contributed by atoms with Gasteiger partial charge in [0, 0.05) is 0 Å². The highest BCUT2D eigenvalue weighted by molar-refractivity contribution is 5.27. The van der Waals surface area contributed by atoms with Crippen molar-refractivity contribution in [2.75, 3.05) is 0 Å². The molecule has 2 aromatic carbocycles. The Morgan fingerprint density at radius 2 is 1.54 bits per heavy atom. The van der Waals surface area contributed by atoms with Gasteiger partial charge in [0.25, 0.3) is 0 Å². The minimum atomic E-state index is 0.629. The molecule has 0 heterocycles. The summed E-state index contributed by atoms with van der Waals surface area (Å²) in [6, 6.07) is 18.6. The van der Waals surface area contributed by atoms with Crippen LogP contribution in [0.1, 0.15) is 92.9 Å². The summed E-state index contributed by atoms with van der Waals surface area (Å²) in [5.74, 6) is 2.44. The summed E-state index contributed by atoms with van der Waals surface area (Å²) in [5.41, 5.74) is 5.89. The fourth-order valence-corrected chi connectivity index (χ4v) is 4.59. The van der Waals surface area contributed by atoms with Crippen molar-refractivity contribution < 1.29 is 0 Å². The van der Waals surface area contributed by atoms with Crippen LogP contribution in [0.4, 0.5) is 0 Å². The smallest absolute Gasteiger partial charge is 0.0162 e. The molecule has 1 aliphatic carbocycles. The van der Waals surface area contributed by atoms with E-state index in [2.05, 4.69) is 69.3 Å². The van der Waals surface area contributed by atoms with Crippen molar-refractivity contribution in [3.8, 4) is 0 Å². The molecule has 3 rings (SSSR count). The number of aryl methyl sites for hydroxylation is 2. The molecule has 0 unspecified atom stereocenters. The van der Waals surface area contributed by atoms with Crippen LogP contribution in [-0.2, 0) is 6.42 Å². The predicted octanol–water partition coefficient (Wildman–Crippen LogP) is 7.81. The van der Waals surface area contributed by atoms with Gasteiger partial charge < -0.3 is 0 Å². The maximum Gasteiger partial charge on any atom is -0.0162 e. The Bertz CT molecular complexity index is 641. The largest absolute Gasteiger partial charge is 0.0654 e. The molecule has 0 heteroatoms. The highest BCUT2D eigenvalue weighted by Crippen LogP contribution is 2.37.